The smallest absolute Gasteiger partial charge is 0.233 e. The van der Waals surface area contributed by atoms with Gasteiger partial charge in [0.15, 0.2) is 0 Å². The molecule has 0 aromatic heterocycles. The Morgan fingerprint density at radius 2 is 2.11 bits per heavy atom. The Hall–Kier alpha value is -1.16. The second-order valence-electron chi connectivity index (χ2n) is 5.94. The average molecular weight is 249 g/mol. The molecular formula is C14H19NO3. The van der Waals surface area contributed by atoms with E-state index in [1.165, 1.54) is 4.90 Å². The van der Waals surface area contributed by atoms with Gasteiger partial charge in [-0.3, -0.25) is 14.5 Å². The van der Waals surface area contributed by atoms with Crippen molar-refractivity contribution in [2.24, 2.45) is 17.8 Å². The number of carbonyl (C=O) groups is 2. The van der Waals surface area contributed by atoms with Crippen molar-refractivity contribution in [3.63, 3.8) is 0 Å². The van der Waals surface area contributed by atoms with Crippen LogP contribution in [-0.4, -0.2) is 35.0 Å². The number of rotatable bonds is 3. The fourth-order valence-electron chi connectivity index (χ4n) is 3.63. The molecule has 0 aromatic rings. The summed E-state index contributed by atoms with van der Waals surface area (Å²) in [6.45, 7) is 8.20. The molecule has 2 aliphatic heterocycles. The quantitative estimate of drug-likeness (QED) is 0.431. The van der Waals surface area contributed by atoms with Crippen LogP contribution in [0.5, 0.6) is 0 Å². The van der Waals surface area contributed by atoms with Gasteiger partial charge in [-0.1, -0.05) is 19.9 Å². The van der Waals surface area contributed by atoms with Crippen molar-refractivity contribution >= 4 is 11.8 Å². The van der Waals surface area contributed by atoms with E-state index in [0.29, 0.717) is 25.3 Å². The summed E-state index contributed by atoms with van der Waals surface area (Å²) in [6, 6.07) is 0. The lowest BCUT2D eigenvalue weighted by molar-refractivity contribution is -0.139. The van der Waals surface area contributed by atoms with Crippen LogP contribution >= 0.6 is 0 Å². The largest absolute Gasteiger partial charge is 0.366 e. The maximum absolute atomic E-state index is 12.3. The van der Waals surface area contributed by atoms with Crippen LogP contribution in [0.3, 0.4) is 0 Å². The number of ether oxygens (including phenoxy) is 1. The highest BCUT2D eigenvalue weighted by atomic mass is 16.6. The molecule has 2 amide bonds. The van der Waals surface area contributed by atoms with E-state index in [9.17, 15) is 9.59 Å². The molecule has 18 heavy (non-hydrogen) atoms. The number of hydrogen-bond acceptors (Lipinski definition) is 3. The molecule has 3 aliphatic rings. The summed E-state index contributed by atoms with van der Waals surface area (Å²) in [5.41, 5.74) is -0.138. The number of hydrogen-bond donors (Lipinski definition) is 0. The zero-order chi connectivity index (χ0) is 13.1. The van der Waals surface area contributed by atoms with E-state index in [-0.39, 0.29) is 35.4 Å². The molecule has 0 N–H and O–H groups in total. The summed E-state index contributed by atoms with van der Waals surface area (Å²) in [7, 11) is 0. The molecule has 0 aromatic carbocycles. The third kappa shape index (κ3) is 1.35. The highest BCUT2D eigenvalue weighted by Gasteiger charge is 2.67. The predicted octanol–water partition coefficient (Wildman–Crippen LogP) is 1.36. The molecular weight excluding hydrogens is 230 g/mol. The number of nitrogens with zero attached hydrogens (tertiary/aromatic N) is 1. The van der Waals surface area contributed by atoms with Crippen molar-refractivity contribution in [2.75, 3.05) is 6.54 Å². The minimum atomic E-state index is -0.168. The molecule has 2 heterocycles. The molecule has 0 radical (unpaired) electrons. The molecule has 4 unspecified atom stereocenters. The summed E-state index contributed by atoms with van der Waals surface area (Å²) in [5, 5.41) is 0. The van der Waals surface area contributed by atoms with Gasteiger partial charge in [0, 0.05) is 6.54 Å². The molecule has 98 valence electrons. The van der Waals surface area contributed by atoms with Crippen molar-refractivity contribution in [3.8, 4) is 0 Å². The molecule has 3 fully saturated rings. The van der Waals surface area contributed by atoms with E-state index < -0.39 is 0 Å². The maximum Gasteiger partial charge on any atom is 0.233 e. The summed E-state index contributed by atoms with van der Waals surface area (Å²) < 4.78 is 5.81. The van der Waals surface area contributed by atoms with Crippen molar-refractivity contribution in [1.29, 1.82) is 0 Å². The molecule has 4 heteroatoms. The standard InChI is InChI=1S/C14H19NO3/c1-4-5-15-12(16)9-6-11-14(18-11,8(2)3)7-10(9)13(15)17/h4,8-11H,1,5-7H2,2-3H3. The lowest BCUT2D eigenvalue weighted by Crippen LogP contribution is -2.36. The Balaban J connectivity index is 1.84. The molecule has 4 nitrogen and oxygen atoms in total. The monoisotopic (exact) mass is 249 g/mol. The minimum absolute atomic E-state index is 0.0288. The van der Waals surface area contributed by atoms with E-state index in [1.54, 1.807) is 6.08 Å². The number of epoxide rings is 1. The van der Waals surface area contributed by atoms with E-state index in [0.717, 1.165) is 0 Å². The van der Waals surface area contributed by atoms with E-state index in [1.807, 2.05) is 0 Å². The second kappa shape index (κ2) is 3.67. The Morgan fingerprint density at radius 3 is 2.72 bits per heavy atom. The highest BCUT2D eigenvalue weighted by Crippen LogP contribution is 2.57. The maximum atomic E-state index is 12.3. The molecule has 1 aliphatic carbocycles. The van der Waals surface area contributed by atoms with Gasteiger partial charge in [0.25, 0.3) is 0 Å². The zero-order valence-corrected chi connectivity index (χ0v) is 10.9. The Kier molecular flexibility index (Phi) is 2.43. The van der Waals surface area contributed by atoms with Gasteiger partial charge in [-0.15, -0.1) is 6.58 Å². The first-order valence-corrected chi connectivity index (χ1v) is 6.65. The first kappa shape index (κ1) is 11.9. The van der Waals surface area contributed by atoms with Crippen LogP contribution in [0.15, 0.2) is 12.7 Å². The second-order valence-corrected chi connectivity index (χ2v) is 5.94. The van der Waals surface area contributed by atoms with Gasteiger partial charge in [0.2, 0.25) is 11.8 Å². The topological polar surface area (TPSA) is 49.9 Å². The van der Waals surface area contributed by atoms with Gasteiger partial charge in [-0.2, -0.15) is 0 Å². The van der Waals surface area contributed by atoms with Crippen molar-refractivity contribution in [1.82, 2.24) is 4.90 Å². The fourth-order valence-corrected chi connectivity index (χ4v) is 3.63. The van der Waals surface area contributed by atoms with Crippen LogP contribution in [0.1, 0.15) is 26.7 Å². The van der Waals surface area contributed by atoms with Crippen LogP contribution < -0.4 is 0 Å². The average Bonchev–Trinajstić information content (AvgIpc) is 3.02. The normalized spacial score (nSPS) is 41.9. The van der Waals surface area contributed by atoms with Gasteiger partial charge < -0.3 is 4.74 Å². The van der Waals surface area contributed by atoms with Crippen molar-refractivity contribution in [3.05, 3.63) is 12.7 Å². The van der Waals surface area contributed by atoms with Gasteiger partial charge >= 0.3 is 0 Å². The zero-order valence-electron chi connectivity index (χ0n) is 10.9. The van der Waals surface area contributed by atoms with E-state index >= 15 is 0 Å². The number of imide groups is 1. The van der Waals surface area contributed by atoms with Crippen molar-refractivity contribution in [2.45, 2.75) is 38.4 Å². The molecule has 2 saturated heterocycles. The molecule has 0 spiro atoms. The van der Waals surface area contributed by atoms with Crippen LogP contribution in [0.25, 0.3) is 0 Å². The first-order chi connectivity index (χ1) is 8.51. The lowest BCUT2D eigenvalue weighted by Gasteiger charge is -2.27. The third-order valence-corrected chi connectivity index (χ3v) is 4.80. The number of fused-ring (bicyclic) bond motifs is 2. The molecule has 1 saturated carbocycles. The van der Waals surface area contributed by atoms with Crippen LogP contribution in [0.2, 0.25) is 0 Å². The summed E-state index contributed by atoms with van der Waals surface area (Å²) in [5.74, 6) is 0.0202. The van der Waals surface area contributed by atoms with E-state index in [2.05, 4.69) is 20.4 Å². The summed E-state index contributed by atoms with van der Waals surface area (Å²) in [6.07, 6.45) is 3.21. The predicted molar refractivity (Wildman–Crippen MR) is 65.6 cm³/mol. The highest BCUT2D eigenvalue weighted by molar-refractivity contribution is 6.05. The summed E-state index contributed by atoms with van der Waals surface area (Å²) >= 11 is 0. The molecule has 4 atom stereocenters. The Morgan fingerprint density at radius 1 is 1.44 bits per heavy atom. The Labute approximate surface area is 107 Å². The van der Waals surface area contributed by atoms with Gasteiger partial charge in [0.1, 0.15) is 0 Å². The number of carbonyl (C=O) groups excluding carboxylic acids is 2. The van der Waals surface area contributed by atoms with Gasteiger partial charge in [-0.25, -0.2) is 0 Å². The minimum Gasteiger partial charge on any atom is -0.366 e. The Bertz CT molecular complexity index is 431. The summed E-state index contributed by atoms with van der Waals surface area (Å²) in [4.78, 5) is 25.8. The number of amides is 2. The molecule has 3 rings (SSSR count). The van der Waals surface area contributed by atoms with Crippen molar-refractivity contribution < 1.29 is 14.3 Å². The van der Waals surface area contributed by atoms with Crippen LogP contribution in [0.4, 0.5) is 0 Å². The van der Waals surface area contributed by atoms with E-state index in [4.69, 9.17) is 4.74 Å². The molecule has 0 bridgehead atoms. The fraction of sp³-hybridized carbons (Fsp3) is 0.714. The van der Waals surface area contributed by atoms with Gasteiger partial charge in [-0.05, 0) is 18.8 Å². The number of likely N-dealkylation sites (tertiary alicyclic amines) is 1. The lowest BCUT2D eigenvalue weighted by atomic mass is 9.71. The van der Waals surface area contributed by atoms with Crippen LogP contribution in [-0.2, 0) is 14.3 Å². The van der Waals surface area contributed by atoms with Gasteiger partial charge in [0.05, 0.1) is 23.5 Å². The van der Waals surface area contributed by atoms with Crippen LogP contribution in [0, 0.1) is 17.8 Å². The first-order valence-electron chi connectivity index (χ1n) is 6.65. The SMILES string of the molecule is C=CCN1C(=O)C2CC3OC3(C(C)C)CC2C1=O. The third-order valence-electron chi connectivity index (χ3n) is 4.80.